The predicted molar refractivity (Wildman–Crippen MR) is 133 cm³/mol. The first-order chi connectivity index (χ1) is 17.0. The van der Waals surface area contributed by atoms with Crippen LogP contribution in [0.25, 0.3) is 0 Å². The fourth-order valence-electron chi connectivity index (χ4n) is 3.95. The highest BCUT2D eigenvalue weighted by atomic mass is 19.1. The summed E-state index contributed by atoms with van der Waals surface area (Å²) in [5.41, 5.74) is 0.574. The number of aromatic nitrogens is 4. The van der Waals surface area contributed by atoms with Crippen LogP contribution < -0.4 is 20.0 Å². The smallest absolute Gasteiger partial charge is 0.151 e. The number of nitrogens with zero attached hydrogens (tertiary/aromatic N) is 7. The SMILES string of the molecule is CNc1cnc(N2CCN(c3ccc(F)cn3)C(C)C2)cn1.O=Cc1ccc(N2CC(O)C2)nc1. The molecule has 0 aliphatic carbocycles. The normalized spacial score (nSPS) is 17.8. The second-order valence-corrected chi connectivity index (χ2v) is 8.46. The van der Waals surface area contributed by atoms with Gasteiger partial charge in [-0.15, -0.1) is 0 Å². The Bertz CT molecular complexity index is 1090. The molecule has 2 fully saturated rings. The van der Waals surface area contributed by atoms with E-state index in [-0.39, 0.29) is 18.0 Å². The van der Waals surface area contributed by atoms with E-state index in [9.17, 15) is 9.18 Å². The Labute approximate surface area is 203 Å². The van der Waals surface area contributed by atoms with Gasteiger partial charge >= 0.3 is 0 Å². The molecule has 3 aromatic heterocycles. The fraction of sp³-hybridized carbons (Fsp3) is 0.375. The maximum Gasteiger partial charge on any atom is 0.151 e. The lowest BCUT2D eigenvalue weighted by atomic mass is 10.1. The average molecular weight is 481 g/mol. The highest BCUT2D eigenvalue weighted by Gasteiger charge is 2.26. The van der Waals surface area contributed by atoms with Crippen molar-refractivity contribution in [2.75, 3.05) is 59.8 Å². The van der Waals surface area contributed by atoms with Crippen molar-refractivity contribution in [3.63, 3.8) is 0 Å². The van der Waals surface area contributed by atoms with E-state index in [0.29, 0.717) is 18.7 Å². The number of halogens is 1. The molecule has 1 atom stereocenters. The third-order valence-electron chi connectivity index (χ3n) is 5.94. The van der Waals surface area contributed by atoms with E-state index in [1.807, 2.05) is 11.9 Å². The Balaban J connectivity index is 0.000000189. The number of aliphatic hydroxyl groups excluding tert-OH is 1. The molecule has 3 aromatic rings. The van der Waals surface area contributed by atoms with Crippen LogP contribution in [0.3, 0.4) is 0 Å². The standard InChI is InChI=1S/C15H19FN6.C9H10N2O2/c1-11-10-21(15-9-18-13(17-2)8-20-15)5-6-22(11)14-4-3-12(16)7-19-14;12-6-7-1-2-9(10-3-7)11-4-8(13)5-11/h3-4,7-9,11H,5-6,10H2,1-2H3,(H,17,18);1-3,6,8,13H,4-5H2. The molecule has 2 saturated heterocycles. The zero-order valence-corrected chi connectivity index (χ0v) is 19.8. The van der Waals surface area contributed by atoms with Gasteiger partial charge in [0.15, 0.2) is 6.29 Å². The summed E-state index contributed by atoms with van der Waals surface area (Å²) >= 11 is 0. The van der Waals surface area contributed by atoms with Gasteiger partial charge in [0.1, 0.15) is 29.1 Å². The second-order valence-electron chi connectivity index (χ2n) is 8.46. The van der Waals surface area contributed by atoms with Gasteiger partial charge < -0.3 is 25.1 Å². The molecule has 0 bridgehead atoms. The fourth-order valence-corrected chi connectivity index (χ4v) is 3.95. The quantitative estimate of drug-likeness (QED) is 0.525. The summed E-state index contributed by atoms with van der Waals surface area (Å²) in [7, 11) is 1.82. The number of anilines is 4. The molecule has 2 aliphatic heterocycles. The van der Waals surface area contributed by atoms with E-state index in [2.05, 4.69) is 42.0 Å². The summed E-state index contributed by atoms with van der Waals surface area (Å²) in [6, 6.07) is 6.94. The maximum absolute atomic E-state index is 13.0. The molecule has 1 unspecified atom stereocenters. The zero-order valence-electron chi connectivity index (χ0n) is 19.8. The van der Waals surface area contributed by atoms with E-state index in [1.54, 1.807) is 30.6 Å². The molecular weight excluding hydrogens is 451 g/mol. The number of carbonyl (C=O) groups excluding carboxylic acids is 1. The minimum Gasteiger partial charge on any atom is -0.389 e. The molecule has 0 amide bonds. The van der Waals surface area contributed by atoms with Crippen molar-refractivity contribution < 1.29 is 14.3 Å². The number of hydrogen-bond donors (Lipinski definition) is 2. The van der Waals surface area contributed by atoms with Crippen molar-refractivity contribution in [3.05, 3.63) is 60.4 Å². The number of rotatable bonds is 5. The van der Waals surface area contributed by atoms with Crippen molar-refractivity contribution in [2.24, 2.45) is 0 Å². The number of carbonyl (C=O) groups is 1. The van der Waals surface area contributed by atoms with E-state index in [1.165, 1.54) is 18.5 Å². The zero-order chi connectivity index (χ0) is 24.8. The van der Waals surface area contributed by atoms with E-state index < -0.39 is 0 Å². The molecule has 5 rings (SSSR count). The molecule has 11 heteroatoms. The Morgan fingerprint density at radius 3 is 2.20 bits per heavy atom. The maximum atomic E-state index is 13.0. The van der Waals surface area contributed by atoms with Gasteiger partial charge in [0.25, 0.3) is 0 Å². The minimum absolute atomic E-state index is 0.229. The average Bonchev–Trinajstić information content (AvgIpc) is 2.88. The molecule has 0 spiro atoms. The first-order valence-electron chi connectivity index (χ1n) is 11.4. The monoisotopic (exact) mass is 480 g/mol. The lowest BCUT2D eigenvalue weighted by molar-refractivity contribution is 0.112. The van der Waals surface area contributed by atoms with Gasteiger partial charge in [-0.25, -0.2) is 24.3 Å². The predicted octanol–water partition coefficient (Wildman–Crippen LogP) is 1.84. The number of aldehydes is 1. The highest BCUT2D eigenvalue weighted by molar-refractivity contribution is 5.74. The molecule has 10 nitrogen and oxygen atoms in total. The molecule has 35 heavy (non-hydrogen) atoms. The van der Waals surface area contributed by atoms with Gasteiger partial charge in [0, 0.05) is 57.6 Å². The Kier molecular flexibility index (Phi) is 7.66. The Hall–Kier alpha value is -3.86. The van der Waals surface area contributed by atoms with Crippen LogP contribution in [-0.2, 0) is 0 Å². The van der Waals surface area contributed by atoms with Gasteiger partial charge in [-0.05, 0) is 31.2 Å². The lowest BCUT2D eigenvalue weighted by Crippen LogP contribution is -2.52. The van der Waals surface area contributed by atoms with Crippen LogP contribution in [0.1, 0.15) is 17.3 Å². The summed E-state index contributed by atoms with van der Waals surface area (Å²) in [5, 5.41) is 12.0. The van der Waals surface area contributed by atoms with Crippen molar-refractivity contribution in [1.29, 1.82) is 0 Å². The third-order valence-corrected chi connectivity index (χ3v) is 5.94. The van der Waals surface area contributed by atoms with Gasteiger partial charge in [0.05, 0.1) is 24.7 Å². The number of hydrogen-bond acceptors (Lipinski definition) is 10. The van der Waals surface area contributed by atoms with E-state index in [0.717, 1.165) is 49.2 Å². The lowest BCUT2D eigenvalue weighted by Gasteiger charge is -2.41. The number of aliphatic hydroxyl groups is 1. The van der Waals surface area contributed by atoms with E-state index >= 15 is 0 Å². The molecule has 0 aromatic carbocycles. The largest absolute Gasteiger partial charge is 0.389 e. The van der Waals surface area contributed by atoms with Gasteiger partial charge in [-0.2, -0.15) is 0 Å². The molecule has 184 valence electrons. The summed E-state index contributed by atoms with van der Waals surface area (Å²) in [6.07, 6.45) is 6.84. The third kappa shape index (κ3) is 5.99. The number of piperazine rings is 1. The van der Waals surface area contributed by atoms with Crippen molar-refractivity contribution in [1.82, 2.24) is 19.9 Å². The summed E-state index contributed by atoms with van der Waals surface area (Å²) in [4.78, 5) is 33.7. The molecular formula is C24H29FN8O2. The van der Waals surface area contributed by atoms with Crippen LogP contribution in [0.4, 0.5) is 27.7 Å². The second kappa shape index (κ2) is 11.0. The number of nitrogens with one attached hydrogen (secondary N) is 1. The van der Waals surface area contributed by atoms with Crippen molar-refractivity contribution in [2.45, 2.75) is 19.1 Å². The molecule has 0 radical (unpaired) electrons. The van der Waals surface area contributed by atoms with Crippen molar-refractivity contribution >= 4 is 29.6 Å². The first kappa shape index (κ1) is 24.3. The first-order valence-corrected chi connectivity index (χ1v) is 11.4. The Morgan fingerprint density at radius 1 is 0.914 bits per heavy atom. The minimum atomic E-state index is -0.310. The van der Waals surface area contributed by atoms with Crippen LogP contribution in [0.5, 0.6) is 0 Å². The van der Waals surface area contributed by atoms with Crippen LogP contribution in [0.15, 0.2) is 49.1 Å². The van der Waals surface area contributed by atoms with Gasteiger partial charge in [-0.3, -0.25) is 4.79 Å². The van der Waals surface area contributed by atoms with Crippen LogP contribution >= 0.6 is 0 Å². The number of pyridine rings is 2. The molecule has 2 N–H and O–H groups in total. The summed E-state index contributed by atoms with van der Waals surface area (Å²) < 4.78 is 13.0. The van der Waals surface area contributed by atoms with Crippen LogP contribution in [0, 0.1) is 5.82 Å². The van der Waals surface area contributed by atoms with Gasteiger partial charge in [0.2, 0.25) is 0 Å². The molecule has 5 heterocycles. The highest BCUT2D eigenvalue weighted by Crippen LogP contribution is 2.21. The van der Waals surface area contributed by atoms with Crippen LogP contribution in [0.2, 0.25) is 0 Å². The van der Waals surface area contributed by atoms with Crippen molar-refractivity contribution in [3.8, 4) is 0 Å². The summed E-state index contributed by atoms with van der Waals surface area (Å²) in [5.74, 6) is 2.94. The van der Waals surface area contributed by atoms with E-state index in [4.69, 9.17) is 5.11 Å². The van der Waals surface area contributed by atoms with Crippen LogP contribution in [-0.4, -0.2) is 83.2 Å². The Morgan fingerprint density at radius 2 is 1.66 bits per heavy atom. The van der Waals surface area contributed by atoms with Gasteiger partial charge in [-0.1, -0.05) is 0 Å². The topological polar surface area (TPSA) is 111 Å². The summed E-state index contributed by atoms with van der Waals surface area (Å²) in [6.45, 7) is 5.87. The number of β-amino-alcohol motifs (C(OH)–C–C–N with tert-alkyl or cyclic N) is 1. The molecule has 0 saturated carbocycles. The molecule has 2 aliphatic rings.